The molecule has 0 bridgehead atoms. The molecule has 0 aliphatic carbocycles. The van der Waals surface area contributed by atoms with Gasteiger partial charge in [-0.25, -0.2) is 4.39 Å². The molecule has 3 rings (SSSR count). The summed E-state index contributed by atoms with van der Waals surface area (Å²) in [5.74, 6) is -1.83. The Bertz CT molecular complexity index is 705. The van der Waals surface area contributed by atoms with Gasteiger partial charge in [-0.3, -0.25) is 14.6 Å². The average Bonchev–Trinajstić information content (AvgIpc) is 2.69. The van der Waals surface area contributed by atoms with E-state index in [1.807, 2.05) is 11.0 Å². The Balaban J connectivity index is 1.45. The van der Waals surface area contributed by atoms with Gasteiger partial charge in [0.15, 0.2) is 11.6 Å². The molecule has 1 atom stereocenters. The van der Waals surface area contributed by atoms with Crippen molar-refractivity contribution in [2.45, 2.75) is 25.6 Å². The number of carbonyl (C=O) groups is 1. The molecule has 1 unspecified atom stereocenters. The van der Waals surface area contributed by atoms with Gasteiger partial charge in [0, 0.05) is 45.8 Å². The van der Waals surface area contributed by atoms with Gasteiger partial charge in [0.1, 0.15) is 0 Å². The van der Waals surface area contributed by atoms with Crippen LogP contribution in [0.3, 0.4) is 0 Å². The van der Waals surface area contributed by atoms with Crippen LogP contribution in [0.5, 0.6) is 5.75 Å². The third-order valence-corrected chi connectivity index (χ3v) is 5.68. The molecule has 162 valence electrons. The summed E-state index contributed by atoms with van der Waals surface area (Å²) in [5, 5.41) is 0. The predicted octanol–water partition coefficient (Wildman–Crippen LogP) is 2.75. The number of hydrogen-bond acceptors (Lipinski definition) is 4. The van der Waals surface area contributed by atoms with Gasteiger partial charge in [0.25, 0.3) is 0 Å². The van der Waals surface area contributed by atoms with Crippen LogP contribution >= 0.6 is 0 Å². The molecule has 2 aliphatic rings. The van der Waals surface area contributed by atoms with Gasteiger partial charge < -0.3 is 9.64 Å². The fourth-order valence-electron chi connectivity index (χ4n) is 3.93. The van der Waals surface area contributed by atoms with E-state index in [9.17, 15) is 22.4 Å². The quantitative estimate of drug-likeness (QED) is 0.691. The second-order valence-electron chi connectivity index (χ2n) is 7.74. The molecule has 0 saturated carbocycles. The summed E-state index contributed by atoms with van der Waals surface area (Å²) >= 11 is 0. The zero-order valence-electron chi connectivity index (χ0n) is 16.6. The number of hydrogen-bond donors (Lipinski definition) is 0. The minimum absolute atomic E-state index is 0.0951. The lowest BCUT2D eigenvalue weighted by atomic mass is 9.97. The second-order valence-corrected chi connectivity index (χ2v) is 7.74. The Morgan fingerprint density at radius 3 is 2.45 bits per heavy atom. The first-order valence-electron chi connectivity index (χ1n) is 9.88. The van der Waals surface area contributed by atoms with Gasteiger partial charge in [0.05, 0.1) is 19.6 Å². The lowest BCUT2D eigenvalue weighted by molar-refractivity contribution is -0.188. The molecule has 5 nitrogen and oxygen atoms in total. The first kappa shape index (κ1) is 21.8. The van der Waals surface area contributed by atoms with Crippen LogP contribution in [0.25, 0.3) is 0 Å². The number of methoxy groups -OCH3 is 1. The Kier molecular flexibility index (Phi) is 7.00. The summed E-state index contributed by atoms with van der Waals surface area (Å²) in [6.45, 7) is 3.65. The van der Waals surface area contributed by atoms with Crippen molar-refractivity contribution >= 4 is 5.91 Å². The van der Waals surface area contributed by atoms with Gasteiger partial charge >= 0.3 is 6.18 Å². The fraction of sp³-hybridized carbons (Fsp3) is 0.650. The van der Waals surface area contributed by atoms with Crippen LogP contribution in [0.15, 0.2) is 18.2 Å². The Labute approximate surface area is 168 Å². The summed E-state index contributed by atoms with van der Waals surface area (Å²) in [6.07, 6.45) is -3.76. The van der Waals surface area contributed by atoms with Crippen molar-refractivity contribution < 1.29 is 27.1 Å². The zero-order chi connectivity index (χ0) is 21.0. The predicted molar refractivity (Wildman–Crippen MR) is 100 cm³/mol. The van der Waals surface area contributed by atoms with Crippen LogP contribution in [0, 0.1) is 11.7 Å². The van der Waals surface area contributed by atoms with Crippen LogP contribution in [0.2, 0.25) is 0 Å². The van der Waals surface area contributed by atoms with Crippen molar-refractivity contribution in [2.75, 3.05) is 52.9 Å². The van der Waals surface area contributed by atoms with E-state index in [4.69, 9.17) is 4.74 Å². The Morgan fingerprint density at radius 1 is 1.14 bits per heavy atom. The molecular weight excluding hydrogens is 390 g/mol. The van der Waals surface area contributed by atoms with Crippen LogP contribution in [-0.4, -0.2) is 79.7 Å². The largest absolute Gasteiger partial charge is 0.494 e. The molecule has 2 aliphatic heterocycles. The third-order valence-electron chi connectivity index (χ3n) is 5.68. The van der Waals surface area contributed by atoms with Gasteiger partial charge in [-0.2, -0.15) is 13.2 Å². The van der Waals surface area contributed by atoms with E-state index in [-0.39, 0.29) is 31.2 Å². The van der Waals surface area contributed by atoms with Crippen molar-refractivity contribution in [1.82, 2.24) is 14.7 Å². The number of piperidine rings is 1. The van der Waals surface area contributed by atoms with Gasteiger partial charge in [-0.05, 0) is 30.5 Å². The maximum absolute atomic E-state index is 13.8. The van der Waals surface area contributed by atoms with E-state index in [2.05, 4.69) is 4.90 Å². The molecule has 2 saturated heterocycles. The van der Waals surface area contributed by atoms with Crippen LogP contribution in [0.4, 0.5) is 17.6 Å². The van der Waals surface area contributed by atoms with Crippen molar-refractivity contribution in [3.8, 4) is 5.75 Å². The molecule has 1 aromatic carbocycles. The number of amides is 1. The maximum Gasteiger partial charge on any atom is 0.393 e. The molecule has 0 radical (unpaired) electrons. The summed E-state index contributed by atoms with van der Waals surface area (Å²) in [7, 11) is 1.42. The fourth-order valence-corrected chi connectivity index (χ4v) is 3.93. The highest BCUT2D eigenvalue weighted by atomic mass is 19.4. The molecule has 1 amide bonds. The Morgan fingerprint density at radius 2 is 1.83 bits per heavy atom. The minimum Gasteiger partial charge on any atom is -0.494 e. The molecule has 1 aromatic rings. The number of likely N-dealkylation sites (tertiary alicyclic amines) is 1. The average molecular weight is 417 g/mol. The maximum atomic E-state index is 13.8. The van der Waals surface area contributed by atoms with Crippen molar-refractivity contribution in [2.24, 2.45) is 5.92 Å². The van der Waals surface area contributed by atoms with E-state index in [0.29, 0.717) is 45.7 Å². The van der Waals surface area contributed by atoms with Crippen LogP contribution in [-0.2, 0) is 11.3 Å². The number of ether oxygens (including phenoxy) is 1. The molecule has 29 heavy (non-hydrogen) atoms. The van der Waals surface area contributed by atoms with Crippen LogP contribution in [0.1, 0.15) is 18.4 Å². The van der Waals surface area contributed by atoms with Crippen molar-refractivity contribution in [3.63, 3.8) is 0 Å². The first-order valence-corrected chi connectivity index (χ1v) is 9.88. The van der Waals surface area contributed by atoms with Crippen molar-refractivity contribution in [1.29, 1.82) is 0 Å². The number of alkyl halides is 3. The van der Waals surface area contributed by atoms with E-state index in [1.165, 1.54) is 18.1 Å². The number of rotatable bonds is 5. The lowest BCUT2D eigenvalue weighted by Gasteiger charge is -2.37. The number of halogens is 4. The number of piperazine rings is 1. The molecule has 9 heteroatoms. The van der Waals surface area contributed by atoms with E-state index < -0.39 is 17.9 Å². The lowest BCUT2D eigenvalue weighted by Crippen LogP contribution is -2.52. The van der Waals surface area contributed by atoms with Gasteiger partial charge in [0.2, 0.25) is 5.91 Å². The Hall–Kier alpha value is -1.87. The van der Waals surface area contributed by atoms with E-state index in [0.717, 1.165) is 5.56 Å². The van der Waals surface area contributed by atoms with Gasteiger partial charge in [-0.1, -0.05) is 6.07 Å². The molecule has 2 fully saturated rings. The number of nitrogens with zero attached hydrogens (tertiary/aromatic N) is 3. The summed E-state index contributed by atoms with van der Waals surface area (Å²) in [4.78, 5) is 18.0. The molecule has 0 N–H and O–H groups in total. The topological polar surface area (TPSA) is 36.0 Å². The molecule has 0 aromatic heterocycles. The zero-order valence-corrected chi connectivity index (χ0v) is 16.6. The number of benzene rings is 1. The number of carbonyl (C=O) groups excluding carboxylic acids is 1. The molecule has 2 heterocycles. The minimum atomic E-state index is -4.24. The highest BCUT2D eigenvalue weighted by Gasteiger charge is 2.42. The highest BCUT2D eigenvalue weighted by molar-refractivity contribution is 5.78. The van der Waals surface area contributed by atoms with Crippen molar-refractivity contribution in [3.05, 3.63) is 29.6 Å². The monoisotopic (exact) mass is 417 g/mol. The smallest absolute Gasteiger partial charge is 0.393 e. The van der Waals surface area contributed by atoms with E-state index >= 15 is 0 Å². The first-order chi connectivity index (χ1) is 13.8. The molecule has 0 spiro atoms. The third kappa shape index (κ3) is 5.82. The highest BCUT2D eigenvalue weighted by Crippen LogP contribution is 2.33. The SMILES string of the molecule is COc1ccc(CN2CCN(CC(=O)N3CCCC(C(F)(F)F)C3)CC2)cc1F. The standard InChI is InChI=1S/C20H27F4N3O2/c1-29-18-5-4-15(11-17(18)21)12-25-7-9-26(10-8-25)14-19(28)27-6-2-3-16(13-27)20(22,23)24/h4-5,11,16H,2-3,6-10,12-14H2,1H3. The molecular formula is C20H27F4N3O2. The summed E-state index contributed by atoms with van der Waals surface area (Å²) in [6, 6.07) is 4.89. The normalized spacial score (nSPS) is 22.0. The summed E-state index contributed by atoms with van der Waals surface area (Å²) in [5.41, 5.74) is 0.847. The second kappa shape index (κ2) is 9.30. The summed E-state index contributed by atoms with van der Waals surface area (Å²) < 4.78 is 57.6. The van der Waals surface area contributed by atoms with E-state index in [1.54, 1.807) is 6.07 Å². The van der Waals surface area contributed by atoms with Crippen LogP contribution < -0.4 is 4.74 Å². The van der Waals surface area contributed by atoms with Gasteiger partial charge in [-0.15, -0.1) is 0 Å².